The number of nitrogens with zero attached hydrogens (tertiary/aromatic N) is 1. The van der Waals surface area contributed by atoms with Crippen LogP contribution in [0.5, 0.6) is 11.5 Å². The molecule has 0 bridgehead atoms. The van der Waals surface area contributed by atoms with Crippen LogP contribution in [0.25, 0.3) is 22.3 Å². The highest BCUT2D eigenvalue weighted by Crippen LogP contribution is 2.39. The van der Waals surface area contributed by atoms with Crippen LogP contribution in [-0.4, -0.2) is 17.1 Å². The van der Waals surface area contributed by atoms with Crippen molar-refractivity contribution in [3.8, 4) is 22.9 Å². The van der Waals surface area contributed by atoms with Crippen LogP contribution >= 0.6 is 15.9 Å². The van der Waals surface area contributed by atoms with Crippen molar-refractivity contribution >= 4 is 26.8 Å². The standard InChI is InChI=1S/C22H17BrN2O3/c1-27-19-12-15(21-24-18-10-6-5-9-16(18)22(26)25-21)11-17(23)20(19)28-13-14-7-3-2-4-8-14/h2-12H,13H2,1H3,(H,24,25,26). The number of aromatic amines is 1. The maximum Gasteiger partial charge on any atom is 0.259 e. The smallest absolute Gasteiger partial charge is 0.259 e. The molecular weight excluding hydrogens is 420 g/mol. The molecule has 4 aromatic rings. The van der Waals surface area contributed by atoms with Gasteiger partial charge in [0.1, 0.15) is 12.4 Å². The number of halogens is 1. The van der Waals surface area contributed by atoms with E-state index in [1.54, 1.807) is 19.2 Å². The molecule has 0 radical (unpaired) electrons. The minimum atomic E-state index is -0.180. The number of aromatic nitrogens is 2. The van der Waals surface area contributed by atoms with E-state index < -0.39 is 0 Å². The number of fused-ring (bicyclic) bond motifs is 1. The van der Waals surface area contributed by atoms with E-state index >= 15 is 0 Å². The molecule has 4 rings (SSSR count). The van der Waals surface area contributed by atoms with Crippen molar-refractivity contribution < 1.29 is 9.47 Å². The average molecular weight is 437 g/mol. The van der Waals surface area contributed by atoms with E-state index in [9.17, 15) is 4.79 Å². The van der Waals surface area contributed by atoms with Crippen molar-refractivity contribution in [1.29, 1.82) is 0 Å². The quantitative estimate of drug-likeness (QED) is 0.481. The number of ether oxygens (including phenoxy) is 2. The van der Waals surface area contributed by atoms with E-state index in [0.29, 0.717) is 39.3 Å². The molecule has 0 saturated heterocycles. The molecule has 0 spiro atoms. The number of methoxy groups -OCH3 is 1. The van der Waals surface area contributed by atoms with E-state index in [1.807, 2.05) is 54.6 Å². The highest BCUT2D eigenvalue weighted by molar-refractivity contribution is 9.10. The predicted octanol–water partition coefficient (Wildman–Crippen LogP) is 4.94. The zero-order valence-corrected chi connectivity index (χ0v) is 16.7. The van der Waals surface area contributed by atoms with Crippen molar-refractivity contribution in [2.24, 2.45) is 0 Å². The van der Waals surface area contributed by atoms with Crippen LogP contribution in [-0.2, 0) is 6.61 Å². The van der Waals surface area contributed by atoms with E-state index in [1.165, 1.54) is 0 Å². The number of hydrogen-bond donors (Lipinski definition) is 1. The molecule has 1 heterocycles. The second kappa shape index (κ2) is 7.86. The Balaban J connectivity index is 1.72. The van der Waals surface area contributed by atoms with Gasteiger partial charge in [0.2, 0.25) is 0 Å². The fourth-order valence-corrected chi connectivity index (χ4v) is 3.51. The molecule has 0 aliphatic heterocycles. The summed E-state index contributed by atoms with van der Waals surface area (Å²) in [7, 11) is 1.58. The van der Waals surface area contributed by atoms with Crippen molar-refractivity contribution in [3.05, 3.63) is 87.1 Å². The third-order valence-corrected chi connectivity index (χ3v) is 4.93. The third kappa shape index (κ3) is 3.64. The van der Waals surface area contributed by atoms with Crippen LogP contribution in [0.4, 0.5) is 0 Å². The van der Waals surface area contributed by atoms with Crippen molar-refractivity contribution in [3.63, 3.8) is 0 Å². The summed E-state index contributed by atoms with van der Waals surface area (Å²) in [6.45, 7) is 0.417. The van der Waals surface area contributed by atoms with Gasteiger partial charge in [-0.05, 0) is 45.8 Å². The average Bonchev–Trinajstić information content (AvgIpc) is 2.73. The summed E-state index contributed by atoms with van der Waals surface area (Å²) < 4.78 is 12.2. The molecule has 3 aromatic carbocycles. The molecule has 0 atom stereocenters. The number of benzene rings is 3. The lowest BCUT2D eigenvalue weighted by molar-refractivity contribution is 0.282. The molecule has 1 N–H and O–H groups in total. The lowest BCUT2D eigenvalue weighted by atomic mass is 10.1. The zero-order chi connectivity index (χ0) is 19.5. The number of H-pyrrole nitrogens is 1. The summed E-state index contributed by atoms with van der Waals surface area (Å²) in [5, 5.41) is 0.556. The van der Waals surface area contributed by atoms with Gasteiger partial charge in [-0.25, -0.2) is 4.98 Å². The largest absolute Gasteiger partial charge is 0.493 e. The zero-order valence-electron chi connectivity index (χ0n) is 15.1. The third-order valence-electron chi connectivity index (χ3n) is 4.34. The maximum atomic E-state index is 12.4. The van der Waals surface area contributed by atoms with Gasteiger partial charge in [-0.2, -0.15) is 0 Å². The van der Waals surface area contributed by atoms with Gasteiger partial charge in [0.15, 0.2) is 11.5 Å². The Morgan fingerprint density at radius 2 is 1.79 bits per heavy atom. The number of hydrogen-bond acceptors (Lipinski definition) is 4. The maximum absolute atomic E-state index is 12.4. The van der Waals surface area contributed by atoms with Gasteiger partial charge >= 0.3 is 0 Å². The fraction of sp³-hybridized carbons (Fsp3) is 0.0909. The second-order valence-corrected chi connectivity index (χ2v) is 7.05. The second-order valence-electron chi connectivity index (χ2n) is 6.20. The van der Waals surface area contributed by atoms with Crippen LogP contribution in [0.2, 0.25) is 0 Å². The summed E-state index contributed by atoms with van der Waals surface area (Å²) in [4.78, 5) is 19.8. The first-order valence-corrected chi connectivity index (χ1v) is 9.48. The van der Waals surface area contributed by atoms with Gasteiger partial charge in [-0.15, -0.1) is 0 Å². The molecule has 5 nitrogen and oxygen atoms in total. The van der Waals surface area contributed by atoms with Crippen molar-refractivity contribution in [2.45, 2.75) is 6.61 Å². The van der Waals surface area contributed by atoms with Gasteiger partial charge in [0, 0.05) is 5.56 Å². The van der Waals surface area contributed by atoms with Gasteiger partial charge < -0.3 is 14.5 Å². The van der Waals surface area contributed by atoms with E-state index in [2.05, 4.69) is 25.9 Å². The summed E-state index contributed by atoms with van der Waals surface area (Å²) in [5.41, 5.74) is 2.24. The molecule has 6 heteroatoms. The van der Waals surface area contributed by atoms with Gasteiger partial charge in [0.05, 0.1) is 22.5 Å². The molecule has 0 aliphatic carbocycles. The lowest BCUT2D eigenvalue weighted by Gasteiger charge is -2.14. The number of para-hydroxylation sites is 1. The molecule has 28 heavy (non-hydrogen) atoms. The molecule has 1 aromatic heterocycles. The number of rotatable bonds is 5. The van der Waals surface area contributed by atoms with Crippen LogP contribution in [0, 0.1) is 0 Å². The Morgan fingerprint density at radius 1 is 1.04 bits per heavy atom. The van der Waals surface area contributed by atoms with Crippen LogP contribution in [0.1, 0.15) is 5.56 Å². The first-order valence-electron chi connectivity index (χ1n) is 8.69. The molecule has 0 saturated carbocycles. The topological polar surface area (TPSA) is 64.2 Å². The molecule has 0 fully saturated rings. The molecule has 0 unspecified atom stereocenters. The van der Waals surface area contributed by atoms with E-state index in [4.69, 9.17) is 9.47 Å². The van der Waals surface area contributed by atoms with Crippen molar-refractivity contribution in [2.75, 3.05) is 7.11 Å². The highest BCUT2D eigenvalue weighted by atomic mass is 79.9. The Morgan fingerprint density at radius 3 is 2.57 bits per heavy atom. The predicted molar refractivity (Wildman–Crippen MR) is 113 cm³/mol. The normalized spacial score (nSPS) is 10.8. The lowest BCUT2D eigenvalue weighted by Crippen LogP contribution is -2.09. The monoisotopic (exact) mass is 436 g/mol. The van der Waals surface area contributed by atoms with Gasteiger partial charge in [0.25, 0.3) is 5.56 Å². The van der Waals surface area contributed by atoms with E-state index in [-0.39, 0.29) is 5.56 Å². The van der Waals surface area contributed by atoms with Gasteiger partial charge in [-0.3, -0.25) is 4.79 Å². The Hall–Kier alpha value is -3.12. The SMILES string of the molecule is COc1cc(-c2nc3ccccc3c(=O)[nH]2)cc(Br)c1OCc1ccccc1. The van der Waals surface area contributed by atoms with Crippen molar-refractivity contribution in [1.82, 2.24) is 9.97 Å². The van der Waals surface area contributed by atoms with E-state index in [0.717, 1.165) is 11.1 Å². The molecule has 0 aliphatic rings. The van der Waals surface area contributed by atoms with Crippen LogP contribution in [0.3, 0.4) is 0 Å². The van der Waals surface area contributed by atoms with Crippen LogP contribution in [0.15, 0.2) is 76.0 Å². The first kappa shape index (κ1) is 18.3. The summed E-state index contributed by atoms with van der Waals surface area (Å²) in [5.74, 6) is 1.62. The summed E-state index contributed by atoms with van der Waals surface area (Å²) >= 11 is 3.55. The summed E-state index contributed by atoms with van der Waals surface area (Å²) in [6, 6.07) is 20.8. The summed E-state index contributed by atoms with van der Waals surface area (Å²) in [6.07, 6.45) is 0. The Bertz CT molecular complexity index is 1190. The Kier molecular flexibility index (Phi) is 5.12. The number of nitrogens with one attached hydrogen (secondary N) is 1. The minimum Gasteiger partial charge on any atom is -0.493 e. The van der Waals surface area contributed by atoms with Gasteiger partial charge in [-0.1, -0.05) is 42.5 Å². The minimum absolute atomic E-state index is 0.180. The highest BCUT2D eigenvalue weighted by Gasteiger charge is 2.15. The molecule has 0 amide bonds. The fourth-order valence-electron chi connectivity index (χ4n) is 2.95. The Labute approximate surface area is 170 Å². The molecular formula is C22H17BrN2O3. The first-order chi connectivity index (χ1) is 13.7. The molecule has 140 valence electrons. The van der Waals surface area contributed by atoms with Crippen LogP contribution < -0.4 is 15.0 Å².